The second kappa shape index (κ2) is 7.92. The molecule has 8 heteroatoms. The second-order valence-electron chi connectivity index (χ2n) is 5.20. The van der Waals surface area contributed by atoms with E-state index in [1.807, 2.05) is 18.2 Å². The van der Waals surface area contributed by atoms with Gasteiger partial charge < -0.3 is 4.74 Å². The van der Waals surface area contributed by atoms with Gasteiger partial charge in [0.1, 0.15) is 0 Å². The molecule has 0 amide bonds. The van der Waals surface area contributed by atoms with Gasteiger partial charge in [-0.1, -0.05) is 24.3 Å². The highest BCUT2D eigenvalue weighted by atomic mass is 127. The predicted molar refractivity (Wildman–Crippen MR) is 110 cm³/mol. The number of nitrogens with zero attached hydrogens (tertiary/aromatic N) is 2. The van der Waals surface area contributed by atoms with Gasteiger partial charge in [-0.2, -0.15) is 0 Å². The van der Waals surface area contributed by atoms with Crippen LogP contribution in [0.5, 0.6) is 0 Å². The molecule has 0 atom stereocenters. The van der Waals surface area contributed by atoms with E-state index < -0.39 is 10.9 Å². The Morgan fingerprint density at radius 3 is 2.77 bits per heavy atom. The molecule has 0 aromatic heterocycles. The maximum Gasteiger partial charge on any atom is 0.363 e. The van der Waals surface area contributed by atoms with Crippen molar-refractivity contribution in [2.24, 2.45) is 4.99 Å². The number of cyclic esters (lactones) is 1. The summed E-state index contributed by atoms with van der Waals surface area (Å²) in [4.78, 5) is 26.5. The van der Waals surface area contributed by atoms with Crippen molar-refractivity contribution in [2.75, 3.05) is 0 Å². The zero-order chi connectivity index (χ0) is 18.7. The highest BCUT2D eigenvalue weighted by Gasteiger charge is 2.23. The topological polar surface area (TPSA) is 81.8 Å². The largest absolute Gasteiger partial charge is 0.402 e. The number of non-ortho nitro benzene ring substituents is 1. The molecule has 2 aromatic carbocycles. The van der Waals surface area contributed by atoms with Crippen molar-refractivity contribution in [1.82, 2.24) is 0 Å². The fourth-order valence-electron chi connectivity index (χ4n) is 2.17. The normalized spacial score (nSPS) is 15.4. The molecule has 0 bridgehead atoms. The number of carbonyl (C=O) groups is 1. The summed E-state index contributed by atoms with van der Waals surface area (Å²) in [5.74, 6) is -0.305. The molecule has 6 nitrogen and oxygen atoms in total. The lowest BCUT2D eigenvalue weighted by Gasteiger charge is -2.01. The van der Waals surface area contributed by atoms with Crippen molar-refractivity contribution in [3.05, 3.63) is 89.6 Å². The quantitative estimate of drug-likeness (QED) is 0.188. The molecule has 0 N–H and O–H groups in total. The van der Waals surface area contributed by atoms with Gasteiger partial charge in [0.05, 0.1) is 4.92 Å². The molecule has 3 rings (SSSR count). The highest BCUT2D eigenvalue weighted by Crippen LogP contribution is 2.23. The molecule has 130 valence electrons. The number of hydrogen-bond donors (Lipinski definition) is 0. The Morgan fingerprint density at radius 2 is 2.04 bits per heavy atom. The number of rotatable bonds is 4. The number of aliphatic imine (C=N–C) groups is 1. The molecule has 0 aliphatic carbocycles. The van der Waals surface area contributed by atoms with Crippen molar-refractivity contribution in [3.8, 4) is 0 Å². The average molecular weight is 525 g/mol. The third kappa shape index (κ3) is 4.25. The van der Waals surface area contributed by atoms with Gasteiger partial charge in [0, 0.05) is 25.7 Å². The maximum absolute atomic E-state index is 12.0. The zero-order valence-corrected chi connectivity index (χ0v) is 16.8. The van der Waals surface area contributed by atoms with E-state index >= 15 is 0 Å². The van der Waals surface area contributed by atoms with Crippen LogP contribution in [0.4, 0.5) is 5.69 Å². The number of esters is 1. The van der Waals surface area contributed by atoms with Crippen LogP contribution in [0.3, 0.4) is 0 Å². The van der Waals surface area contributed by atoms with Gasteiger partial charge in [0.25, 0.3) is 5.69 Å². The standard InChI is InChI=1S/C18H10BrIN2O4/c19-14-10-12(7-8-15(14)20)17-21-16(18(23)26-17)6-2-4-11-3-1-5-13(9-11)22(24)25/h1-10H/b4-2+,16-6-. The highest BCUT2D eigenvalue weighted by molar-refractivity contribution is 14.1. The number of nitro groups is 1. The first-order valence-corrected chi connectivity index (χ1v) is 9.20. The van der Waals surface area contributed by atoms with Gasteiger partial charge in [0.2, 0.25) is 5.90 Å². The molecule has 26 heavy (non-hydrogen) atoms. The number of ether oxygens (including phenoxy) is 1. The van der Waals surface area contributed by atoms with Crippen LogP contribution < -0.4 is 0 Å². The molecule has 0 spiro atoms. The number of halogens is 2. The second-order valence-corrected chi connectivity index (χ2v) is 7.22. The van der Waals surface area contributed by atoms with Crippen LogP contribution >= 0.6 is 38.5 Å². The summed E-state index contributed by atoms with van der Waals surface area (Å²) in [6.07, 6.45) is 4.77. The van der Waals surface area contributed by atoms with Crippen LogP contribution in [0.1, 0.15) is 11.1 Å². The summed E-state index contributed by atoms with van der Waals surface area (Å²) in [6, 6.07) is 11.7. The SMILES string of the molecule is O=C1OC(c2ccc(I)c(Br)c2)=N/C1=C\C=C\c1cccc([N+](=O)[O-])c1. The molecular weight excluding hydrogens is 515 g/mol. The molecule has 1 aliphatic rings. The summed E-state index contributed by atoms with van der Waals surface area (Å²) in [5, 5.41) is 10.8. The summed E-state index contributed by atoms with van der Waals surface area (Å²) in [5.41, 5.74) is 1.51. The Labute approximate surface area is 170 Å². The maximum atomic E-state index is 12.0. The predicted octanol–water partition coefficient (Wildman–Crippen LogP) is 4.86. The first-order valence-electron chi connectivity index (χ1n) is 7.33. The molecule has 1 aliphatic heterocycles. The van der Waals surface area contributed by atoms with E-state index in [2.05, 4.69) is 43.5 Å². The third-order valence-electron chi connectivity index (χ3n) is 3.41. The molecule has 0 fully saturated rings. The first kappa shape index (κ1) is 18.5. The van der Waals surface area contributed by atoms with Crippen LogP contribution in [-0.4, -0.2) is 16.8 Å². The van der Waals surface area contributed by atoms with E-state index in [1.54, 1.807) is 24.3 Å². The van der Waals surface area contributed by atoms with Gasteiger partial charge in [-0.15, -0.1) is 0 Å². The molecular formula is C18H10BrIN2O4. The smallest absolute Gasteiger partial charge is 0.363 e. The van der Waals surface area contributed by atoms with Gasteiger partial charge >= 0.3 is 5.97 Å². The van der Waals surface area contributed by atoms with E-state index in [1.165, 1.54) is 18.2 Å². The van der Waals surface area contributed by atoms with Crippen LogP contribution in [0.2, 0.25) is 0 Å². The van der Waals surface area contributed by atoms with Crippen molar-refractivity contribution < 1.29 is 14.5 Å². The van der Waals surface area contributed by atoms with Crippen molar-refractivity contribution in [3.63, 3.8) is 0 Å². The molecule has 0 radical (unpaired) electrons. The Balaban J connectivity index is 1.81. The molecule has 0 saturated heterocycles. The van der Waals surface area contributed by atoms with E-state index in [4.69, 9.17) is 4.74 Å². The van der Waals surface area contributed by atoms with E-state index in [9.17, 15) is 14.9 Å². The summed E-state index contributed by atoms with van der Waals surface area (Å²) in [7, 11) is 0. The number of benzene rings is 2. The minimum absolute atomic E-state index is 0.00433. The number of carbonyl (C=O) groups excluding carboxylic acids is 1. The van der Waals surface area contributed by atoms with Crippen LogP contribution in [0.25, 0.3) is 6.08 Å². The zero-order valence-electron chi connectivity index (χ0n) is 13.1. The fraction of sp³-hybridized carbons (Fsp3) is 0. The number of hydrogen-bond acceptors (Lipinski definition) is 5. The Kier molecular flexibility index (Phi) is 5.62. The number of nitro benzene ring substituents is 1. The lowest BCUT2D eigenvalue weighted by Crippen LogP contribution is -2.05. The van der Waals surface area contributed by atoms with Gasteiger partial charge in [0.15, 0.2) is 5.70 Å². The molecule has 0 saturated carbocycles. The summed E-state index contributed by atoms with van der Waals surface area (Å²) in [6.45, 7) is 0. The van der Waals surface area contributed by atoms with Crippen molar-refractivity contribution in [2.45, 2.75) is 0 Å². The van der Waals surface area contributed by atoms with Gasteiger partial charge in [-0.3, -0.25) is 10.1 Å². The van der Waals surface area contributed by atoms with Crippen LogP contribution in [0.15, 0.2) is 69.8 Å². The Hall–Kier alpha value is -2.33. The Morgan fingerprint density at radius 1 is 1.23 bits per heavy atom. The van der Waals surface area contributed by atoms with Crippen LogP contribution in [0, 0.1) is 13.7 Å². The fourth-order valence-corrected chi connectivity index (χ4v) is 2.88. The summed E-state index contributed by atoms with van der Waals surface area (Å²) < 4.78 is 7.13. The number of allylic oxidation sites excluding steroid dienone is 2. The minimum atomic E-state index is -0.543. The van der Waals surface area contributed by atoms with Gasteiger partial charge in [-0.25, -0.2) is 9.79 Å². The van der Waals surface area contributed by atoms with E-state index in [0.29, 0.717) is 11.1 Å². The minimum Gasteiger partial charge on any atom is -0.402 e. The van der Waals surface area contributed by atoms with Crippen LogP contribution in [-0.2, 0) is 9.53 Å². The lowest BCUT2D eigenvalue weighted by atomic mass is 10.2. The van der Waals surface area contributed by atoms with E-state index in [-0.39, 0.29) is 17.3 Å². The molecule has 1 heterocycles. The first-order chi connectivity index (χ1) is 12.4. The monoisotopic (exact) mass is 524 g/mol. The summed E-state index contributed by atoms with van der Waals surface area (Å²) >= 11 is 5.62. The van der Waals surface area contributed by atoms with E-state index in [0.717, 1.165) is 8.04 Å². The third-order valence-corrected chi connectivity index (χ3v) is 5.75. The lowest BCUT2D eigenvalue weighted by molar-refractivity contribution is -0.384. The van der Waals surface area contributed by atoms with Crippen molar-refractivity contribution >= 4 is 62.2 Å². The molecule has 2 aromatic rings. The molecule has 0 unspecified atom stereocenters. The van der Waals surface area contributed by atoms with Gasteiger partial charge in [-0.05, 0) is 68.4 Å². The van der Waals surface area contributed by atoms with Crippen molar-refractivity contribution in [1.29, 1.82) is 0 Å². The Bertz CT molecular complexity index is 998. The average Bonchev–Trinajstić information content (AvgIpc) is 2.98.